The summed E-state index contributed by atoms with van der Waals surface area (Å²) < 4.78 is 31.0. The molecule has 8 heteroatoms. The second-order valence-electron chi connectivity index (χ2n) is 3.31. The molecule has 0 aliphatic carbocycles. The summed E-state index contributed by atoms with van der Waals surface area (Å²) in [5.74, 6) is -0.633. The Morgan fingerprint density at radius 2 is 2.17 bits per heavy atom. The van der Waals surface area contributed by atoms with Gasteiger partial charge in [0.1, 0.15) is 6.54 Å². The molecule has 3 N–H and O–H groups in total. The lowest BCUT2D eigenvalue weighted by molar-refractivity contribution is -0.141. The number of hydrogen-bond donors (Lipinski definition) is 2. The number of anilines is 1. The van der Waals surface area contributed by atoms with E-state index >= 15 is 0 Å². The molecule has 0 amide bonds. The molecule has 0 aliphatic rings. The average Bonchev–Trinajstić information content (AvgIpc) is 2.30. The molecule has 6 nitrogen and oxygen atoms in total. The van der Waals surface area contributed by atoms with Gasteiger partial charge in [-0.15, -0.1) is 0 Å². The fraction of sp³-hybridized carbons (Fsp3) is 0.300. The van der Waals surface area contributed by atoms with Crippen LogP contribution in [-0.4, -0.2) is 27.5 Å². The molecular formula is C10H13BrN2O4S. The minimum Gasteiger partial charge on any atom is -0.465 e. The number of nitrogen functional groups attached to an aromatic ring is 1. The summed E-state index contributed by atoms with van der Waals surface area (Å²) in [7, 11) is -3.76. The van der Waals surface area contributed by atoms with E-state index in [1.807, 2.05) is 0 Å². The summed E-state index contributed by atoms with van der Waals surface area (Å²) in [6, 6.07) is 4.21. The van der Waals surface area contributed by atoms with Gasteiger partial charge in [0.25, 0.3) is 0 Å². The summed E-state index contributed by atoms with van der Waals surface area (Å²) in [5, 5.41) is 0. The number of rotatable bonds is 5. The molecule has 0 spiro atoms. The highest BCUT2D eigenvalue weighted by Gasteiger charge is 2.16. The zero-order chi connectivity index (χ0) is 13.8. The monoisotopic (exact) mass is 336 g/mol. The molecule has 1 aromatic rings. The predicted octanol–water partition coefficient (Wildman–Crippen LogP) is 0.873. The SMILES string of the molecule is CCOC(=O)CNS(=O)(=O)c1ccc(Br)c(N)c1. The normalized spacial score (nSPS) is 11.2. The smallest absolute Gasteiger partial charge is 0.321 e. The molecule has 0 saturated carbocycles. The van der Waals surface area contributed by atoms with Gasteiger partial charge in [-0.05, 0) is 41.1 Å². The number of nitrogens with two attached hydrogens (primary N) is 1. The minimum absolute atomic E-state index is 0.00695. The van der Waals surface area contributed by atoms with E-state index in [0.29, 0.717) is 10.2 Å². The molecule has 0 atom stereocenters. The quantitative estimate of drug-likeness (QED) is 0.614. The van der Waals surface area contributed by atoms with Crippen molar-refractivity contribution in [3.8, 4) is 0 Å². The number of ether oxygens (including phenoxy) is 1. The van der Waals surface area contributed by atoms with E-state index < -0.39 is 22.5 Å². The van der Waals surface area contributed by atoms with Crippen LogP contribution in [0, 0.1) is 0 Å². The number of hydrogen-bond acceptors (Lipinski definition) is 5. The largest absolute Gasteiger partial charge is 0.465 e. The number of carbonyl (C=O) groups is 1. The first kappa shape index (κ1) is 14.9. The predicted molar refractivity (Wildman–Crippen MR) is 70.4 cm³/mol. The fourth-order valence-electron chi connectivity index (χ4n) is 1.14. The Bertz CT molecular complexity index is 545. The third-order valence-electron chi connectivity index (χ3n) is 1.99. The second kappa shape index (κ2) is 6.17. The average molecular weight is 337 g/mol. The van der Waals surface area contributed by atoms with E-state index in [2.05, 4.69) is 25.4 Å². The van der Waals surface area contributed by atoms with Gasteiger partial charge in [0, 0.05) is 10.2 Å². The molecule has 18 heavy (non-hydrogen) atoms. The van der Waals surface area contributed by atoms with Crippen molar-refractivity contribution in [3.05, 3.63) is 22.7 Å². The van der Waals surface area contributed by atoms with Gasteiger partial charge in [-0.25, -0.2) is 8.42 Å². The highest BCUT2D eigenvalue weighted by molar-refractivity contribution is 9.10. The van der Waals surface area contributed by atoms with Crippen molar-refractivity contribution < 1.29 is 17.9 Å². The first-order valence-electron chi connectivity index (χ1n) is 5.07. The van der Waals surface area contributed by atoms with Gasteiger partial charge in [-0.1, -0.05) is 0 Å². The fourth-order valence-corrected chi connectivity index (χ4v) is 2.39. The van der Waals surface area contributed by atoms with Crippen LogP contribution < -0.4 is 10.5 Å². The molecule has 0 radical (unpaired) electrons. The van der Waals surface area contributed by atoms with Gasteiger partial charge in [-0.2, -0.15) is 4.72 Å². The number of nitrogens with one attached hydrogen (secondary N) is 1. The van der Waals surface area contributed by atoms with Crippen molar-refractivity contribution in [2.24, 2.45) is 0 Å². The molecule has 100 valence electrons. The highest BCUT2D eigenvalue weighted by Crippen LogP contribution is 2.22. The van der Waals surface area contributed by atoms with Gasteiger partial charge in [0.05, 0.1) is 11.5 Å². The Balaban J connectivity index is 2.80. The van der Waals surface area contributed by atoms with Gasteiger partial charge in [0.15, 0.2) is 0 Å². The van der Waals surface area contributed by atoms with Crippen LogP contribution in [0.3, 0.4) is 0 Å². The third kappa shape index (κ3) is 3.97. The van der Waals surface area contributed by atoms with Crippen LogP contribution in [-0.2, 0) is 19.6 Å². The van der Waals surface area contributed by atoms with Gasteiger partial charge < -0.3 is 10.5 Å². The Hall–Kier alpha value is -1.12. The summed E-state index contributed by atoms with van der Waals surface area (Å²) in [6.45, 7) is 1.43. The molecule has 0 bridgehead atoms. The molecule has 1 aromatic carbocycles. The van der Waals surface area contributed by atoms with Crippen molar-refractivity contribution in [2.45, 2.75) is 11.8 Å². The van der Waals surface area contributed by atoms with Crippen molar-refractivity contribution >= 4 is 37.6 Å². The number of sulfonamides is 1. The number of benzene rings is 1. The topological polar surface area (TPSA) is 98.5 Å². The van der Waals surface area contributed by atoms with Gasteiger partial charge in [-0.3, -0.25) is 4.79 Å². The maximum absolute atomic E-state index is 11.8. The van der Waals surface area contributed by atoms with Crippen molar-refractivity contribution in [1.82, 2.24) is 4.72 Å². The van der Waals surface area contributed by atoms with E-state index in [0.717, 1.165) is 0 Å². The molecule has 0 unspecified atom stereocenters. The summed E-state index contributed by atoms with van der Waals surface area (Å²) in [4.78, 5) is 11.1. The first-order chi connectivity index (χ1) is 8.36. The summed E-state index contributed by atoms with van der Waals surface area (Å²) in [5.41, 5.74) is 5.89. The number of esters is 1. The molecule has 0 heterocycles. The molecule has 0 saturated heterocycles. The van der Waals surface area contributed by atoms with Gasteiger partial charge in [0.2, 0.25) is 10.0 Å². The van der Waals surface area contributed by atoms with Crippen LogP contribution in [0.2, 0.25) is 0 Å². The van der Waals surface area contributed by atoms with Crippen LogP contribution in [0.5, 0.6) is 0 Å². The molecular weight excluding hydrogens is 324 g/mol. The van der Waals surface area contributed by atoms with Crippen LogP contribution in [0.4, 0.5) is 5.69 Å². The van der Waals surface area contributed by atoms with Crippen molar-refractivity contribution in [2.75, 3.05) is 18.9 Å². The summed E-state index contributed by atoms with van der Waals surface area (Å²) in [6.07, 6.45) is 0. The maximum atomic E-state index is 11.8. The van der Waals surface area contributed by atoms with Crippen LogP contribution in [0.15, 0.2) is 27.6 Å². The number of carbonyl (C=O) groups excluding carboxylic acids is 1. The second-order valence-corrected chi connectivity index (χ2v) is 5.93. The van der Waals surface area contributed by atoms with Crippen molar-refractivity contribution in [3.63, 3.8) is 0 Å². The molecule has 0 aromatic heterocycles. The van der Waals surface area contributed by atoms with Crippen LogP contribution in [0.1, 0.15) is 6.92 Å². The molecule has 1 rings (SSSR count). The van der Waals surface area contributed by atoms with E-state index in [1.165, 1.54) is 18.2 Å². The van der Waals surface area contributed by atoms with E-state index in [-0.39, 0.29) is 11.5 Å². The number of halogens is 1. The minimum atomic E-state index is -3.76. The van der Waals surface area contributed by atoms with E-state index in [1.54, 1.807) is 6.92 Å². The lowest BCUT2D eigenvalue weighted by atomic mass is 10.3. The standard InChI is InChI=1S/C10H13BrN2O4S/c1-2-17-10(14)6-13-18(15,16)7-3-4-8(11)9(12)5-7/h3-5,13H,2,6,12H2,1H3. The lowest BCUT2D eigenvalue weighted by Gasteiger charge is -2.07. The van der Waals surface area contributed by atoms with E-state index in [4.69, 9.17) is 5.73 Å². The Morgan fingerprint density at radius 1 is 1.50 bits per heavy atom. The maximum Gasteiger partial charge on any atom is 0.321 e. The highest BCUT2D eigenvalue weighted by atomic mass is 79.9. The first-order valence-corrected chi connectivity index (χ1v) is 7.34. The lowest BCUT2D eigenvalue weighted by Crippen LogP contribution is -2.30. The Morgan fingerprint density at radius 3 is 2.72 bits per heavy atom. The van der Waals surface area contributed by atoms with E-state index in [9.17, 15) is 13.2 Å². The Labute approximate surface area is 114 Å². The summed E-state index contributed by atoms with van der Waals surface area (Å²) >= 11 is 3.16. The van der Waals surface area contributed by atoms with Gasteiger partial charge >= 0.3 is 5.97 Å². The van der Waals surface area contributed by atoms with Crippen LogP contribution in [0.25, 0.3) is 0 Å². The molecule has 0 aliphatic heterocycles. The van der Waals surface area contributed by atoms with Crippen LogP contribution >= 0.6 is 15.9 Å². The molecule has 0 fully saturated rings. The van der Waals surface area contributed by atoms with Crippen molar-refractivity contribution in [1.29, 1.82) is 0 Å². The zero-order valence-corrected chi connectivity index (χ0v) is 12.0. The zero-order valence-electron chi connectivity index (χ0n) is 9.64. The third-order valence-corrected chi connectivity index (χ3v) is 4.11. The Kier molecular flexibility index (Phi) is 5.12.